The predicted octanol–water partition coefficient (Wildman–Crippen LogP) is 9.21. The summed E-state index contributed by atoms with van der Waals surface area (Å²) in [5, 5.41) is 0. The first-order chi connectivity index (χ1) is 15.8. The molecule has 0 unspecified atom stereocenters. The molecule has 0 aliphatic heterocycles. The zero-order valence-electron chi connectivity index (χ0n) is 19.9. The third kappa shape index (κ3) is 8.12. The first-order valence-corrected chi connectivity index (χ1v) is 12.3. The second-order valence-electron chi connectivity index (χ2n) is 8.48. The summed E-state index contributed by atoms with van der Waals surface area (Å²) in [5.74, 6) is 0. The Morgan fingerprint density at radius 1 is 0.469 bits per heavy atom. The van der Waals surface area contributed by atoms with Crippen molar-refractivity contribution in [3.05, 3.63) is 120 Å². The zero-order chi connectivity index (χ0) is 22.4. The Hall–Kier alpha value is -2.08. The molecule has 1 aliphatic carbocycles. The summed E-state index contributed by atoms with van der Waals surface area (Å²) in [6.07, 6.45) is 32.1. The fraction of sp³-hybridized carbons (Fsp3) is 0.312. The fourth-order valence-electron chi connectivity index (χ4n) is 4.22. The minimum atomic E-state index is 1.10. The lowest BCUT2D eigenvalue weighted by Gasteiger charge is -2.13. The van der Waals surface area contributed by atoms with Gasteiger partial charge in [0.05, 0.1) is 0 Å². The molecule has 0 atom stereocenters. The summed E-state index contributed by atoms with van der Waals surface area (Å²) >= 11 is 0. The van der Waals surface area contributed by atoms with Crippen molar-refractivity contribution in [2.75, 3.05) is 0 Å². The van der Waals surface area contributed by atoms with Gasteiger partial charge in [0.15, 0.2) is 0 Å². The molecule has 6 radical (unpaired) electrons. The Morgan fingerprint density at radius 3 is 1.22 bits per heavy atom. The standard InChI is InChI=1S/C32H38/c1-3-15-27-21-23-29-17-11-7-6-10-14-20-32-26-28(16-4-2)22-24-30(32)18-12-8-5-9-13-19-31(29)25-27/h3-6,15-26H,7-14H2,1-2H3/b15-3+,16-4+. The van der Waals surface area contributed by atoms with Gasteiger partial charge in [-0.15, -0.1) is 0 Å². The molecule has 0 spiro atoms. The maximum absolute atomic E-state index is 2.45. The van der Waals surface area contributed by atoms with E-state index >= 15 is 0 Å². The molecule has 32 heavy (non-hydrogen) atoms. The van der Waals surface area contributed by atoms with E-state index < -0.39 is 0 Å². The van der Waals surface area contributed by atoms with Crippen LogP contribution in [0.15, 0.2) is 48.6 Å². The third-order valence-electron chi connectivity index (χ3n) is 5.88. The van der Waals surface area contributed by atoms with Gasteiger partial charge in [-0.05, 0) is 137 Å². The molecular weight excluding hydrogens is 384 g/mol. The molecule has 0 fully saturated rings. The van der Waals surface area contributed by atoms with Crippen LogP contribution in [-0.4, -0.2) is 0 Å². The molecule has 0 bridgehead atoms. The van der Waals surface area contributed by atoms with Crippen LogP contribution in [0.3, 0.4) is 0 Å². The molecule has 0 amide bonds. The van der Waals surface area contributed by atoms with Crippen LogP contribution < -0.4 is 0 Å². The minimum absolute atomic E-state index is 1.10. The number of rotatable bonds is 2. The van der Waals surface area contributed by atoms with E-state index in [1.165, 1.54) is 33.4 Å². The molecule has 0 heteroatoms. The highest BCUT2D eigenvalue weighted by Crippen LogP contribution is 2.24. The van der Waals surface area contributed by atoms with Gasteiger partial charge < -0.3 is 0 Å². The molecule has 2 aromatic rings. The van der Waals surface area contributed by atoms with Crippen LogP contribution in [0.4, 0.5) is 0 Å². The third-order valence-corrected chi connectivity index (χ3v) is 5.88. The first-order valence-electron chi connectivity index (χ1n) is 12.3. The Balaban J connectivity index is 1.63. The Kier molecular flexibility index (Phi) is 10.9. The van der Waals surface area contributed by atoms with Gasteiger partial charge in [0.2, 0.25) is 0 Å². The van der Waals surface area contributed by atoms with Gasteiger partial charge in [-0.2, -0.15) is 0 Å². The van der Waals surface area contributed by atoms with E-state index in [-0.39, 0.29) is 0 Å². The summed E-state index contributed by atoms with van der Waals surface area (Å²) in [6, 6.07) is 13.7. The summed E-state index contributed by atoms with van der Waals surface area (Å²) in [5.41, 5.74) is 8.07. The predicted molar refractivity (Wildman–Crippen MR) is 141 cm³/mol. The van der Waals surface area contributed by atoms with E-state index in [1.54, 1.807) is 0 Å². The van der Waals surface area contributed by atoms with Gasteiger partial charge in [-0.1, -0.05) is 60.7 Å². The van der Waals surface area contributed by atoms with Crippen LogP contribution in [0.1, 0.15) is 98.6 Å². The van der Waals surface area contributed by atoms with Crippen LogP contribution >= 0.6 is 0 Å². The highest BCUT2D eigenvalue weighted by atomic mass is 14.1. The van der Waals surface area contributed by atoms with Gasteiger partial charge in [0.1, 0.15) is 0 Å². The van der Waals surface area contributed by atoms with E-state index in [2.05, 4.69) is 113 Å². The topological polar surface area (TPSA) is 0 Å². The first kappa shape index (κ1) is 24.6. The largest absolute Gasteiger partial charge is 0.0871 e. The fourth-order valence-corrected chi connectivity index (χ4v) is 4.22. The number of hydrogen-bond donors (Lipinski definition) is 0. The van der Waals surface area contributed by atoms with Crippen LogP contribution in [0.25, 0.3) is 12.2 Å². The van der Waals surface area contributed by atoms with Crippen molar-refractivity contribution in [2.45, 2.75) is 65.2 Å². The van der Waals surface area contributed by atoms with E-state index in [1.807, 2.05) is 0 Å². The molecular formula is C32H38. The monoisotopic (exact) mass is 422 g/mol. The van der Waals surface area contributed by atoms with Crippen molar-refractivity contribution >= 4 is 12.2 Å². The van der Waals surface area contributed by atoms with E-state index in [0.29, 0.717) is 0 Å². The number of benzene rings is 2. The van der Waals surface area contributed by atoms with Gasteiger partial charge >= 0.3 is 0 Å². The summed E-state index contributed by atoms with van der Waals surface area (Å²) in [6.45, 7) is 4.16. The Labute approximate surface area is 197 Å². The van der Waals surface area contributed by atoms with Gasteiger partial charge in [0, 0.05) is 0 Å². The highest BCUT2D eigenvalue weighted by molar-refractivity contribution is 5.55. The van der Waals surface area contributed by atoms with Crippen molar-refractivity contribution in [3.63, 3.8) is 0 Å². The summed E-state index contributed by atoms with van der Waals surface area (Å²) < 4.78 is 0. The second kappa shape index (κ2) is 14.1. The quantitative estimate of drug-likeness (QED) is 0.452. The minimum Gasteiger partial charge on any atom is -0.0871 e. The lowest BCUT2D eigenvalue weighted by atomic mass is 9.92. The molecule has 0 heterocycles. The molecule has 166 valence electrons. The van der Waals surface area contributed by atoms with Crippen molar-refractivity contribution in [3.8, 4) is 0 Å². The van der Waals surface area contributed by atoms with Crippen molar-refractivity contribution < 1.29 is 0 Å². The van der Waals surface area contributed by atoms with Crippen LogP contribution in [-0.2, 0) is 0 Å². The maximum Gasteiger partial charge on any atom is -0.00898 e. The van der Waals surface area contributed by atoms with Crippen LogP contribution in [0.5, 0.6) is 0 Å². The molecule has 2 aromatic carbocycles. The summed E-state index contributed by atoms with van der Waals surface area (Å²) in [7, 11) is 0. The second-order valence-corrected chi connectivity index (χ2v) is 8.48. The van der Waals surface area contributed by atoms with Crippen molar-refractivity contribution in [1.29, 1.82) is 0 Å². The zero-order valence-corrected chi connectivity index (χ0v) is 19.9. The van der Waals surface area contributed by atoms with Gasteiger partial charge in [-0.25, -0.2) is 0 Å². The average Bonchev–Trinajstić information content (AvgIpc) is 2.80. The maximum atomic E-state index is 2.45. The number of fused-ring (bicyclic) bond motifs is 2. The molecule has 0 saturated heterocycles. The Morgan fingerprint density at radius 2 is 0.844 bits per heavy atom. The molecule has 0 saturated carbocycles. The lowest BCUT2D eigenvalue weighted by molar-refractivity contribution is 0.807. The molecule has 0 N–H and O–H groups in total. The van der Waals surface area contributed by atoms with Crippen molar-refractivity contribution in [2.24, 2.45) is 0 Å². The number of hydrogen-bond acceptors (Lipinski definition) is 0. The SMILES string of the molecule is C/C=C/c1ccc2c(c1)[CH]CC[CH]CC[CH]c1ccc(/C=C/C)cc1[CH]CC[CH]CC[CH]2. The highest BCUT2D eigenvalue weighted by Gasteiger charge is 2.08. The molecule has 1 aliphatic rings. The molecule has 0 aromatic heterocycles. The van der Waals surface area contributed by atoms with Crippen LogP contribution in [0, 0.1) is 38.5 Å². The molecule has 0 nitrogen and oxygen atoms in total. The van der Waals surface area contributed by atoms with Crippen molar-refractivity contribution in [1.82, 2.24) is 0 Å². The molecule has 3 rings (SSSR count). The Bertz CT molecular complexity index is 794. The van der Waals surface area contributed by atoms with Gasteiger partial charge in [-0.3, -0.25) is 0 Å². The average molecular weight is 423 g/mol. The van der Waals surface area contributed by atoms with E-state index in [0.717, 1.165) is 51.4 Å². The van der Waals surface area contributed by atoms with E-state index in [4.69, 9.17) is 0 Å². The summed E-state index contributed by atoms with van der Waals surface area (Å²) in [4.78, 5) is 0. The smallest absolute Gasteiger partial charge is 0.00898 e. The lowest BCUT2D eigenvalue weighted by Crippen LogP contribution is -1.96. The normalized spacial score (nSPS) is 17.6. The van der Waals surface area contributed by atoms with E-state index in [9.17, 15) is 0 Å². The number of allylic oxidation sites excluding steroid dienone is 2. The van der Waals surface area contributed by atoms with Gasteiger partial charge in [0.25, 0.3) is 0 Å². The van der Waals surface area contributed by atoms with Crippen LogP contribution in [0.2, 0.25) is 0 Å².